The number of furan rings is 1. The molecule has 1 saturated heterocycles. The number of anilines is 1. The smallest absolute Gasteiger partial charge is 0.225 e. The largest absolute Gasteiger partial charge is 0.467 e. The first kappa shape index (κ1) is 21.4. The quantitative estimate of drug-likeness (QED) is 0.267. The van der Waals surface area contributed by atoms with E-state index in [0.29, 0.717) is 6.54 Å². The molecule has 1 aliphatic heterocycles. The zero-order valence-corrected chi connectivity index (χ0v) is 18.0. The molecule has 9 heteroatoms. The van der Waals surface area contributed by atoms with E-state index in [1.807, 2.05) is 18.2 Å². The second kappa shape index (κ2) is 11.8. The van der Waals surface area contributed by atoms with E-state index in [2.05, 4.69) is 35.4 Å². The first-order chi connectivity index (χ1) is 12.8. The molecule has 1 fully saturated rings. The molecular formula is C18H28IN7O. The first-order valence-electron chi connectivity index (χ1n) is 9.06. The molecule has 0 amide bonds. The third-order valence-electron chi connectivity index (χ3n) is 4.38. The van der Waals surface area contributed by atoms with Crippen LogP contribution in [0.25, 0.3) is 0 Å². The average Bonchev–Trinajstić information content (AvgIpc) is 3.22. The fourth-order valence-corrected chi connectivity index (χ4v) is 2.94. The number of aromatic nitrogens is 2. The van der Waals surface area contributed by atoms with E-state index in [9.17, 15) is 0 Å². The zero-order chi connectivity index (χ0) is 18.0. The van der Waals surface area contributed by atoms with Crippen molar-refractivity contribution in [2.24, 2.45) is 4.99 Å². The van der Waals surface area contributed by atoms with Crippen LogP contribution in [0.4, 0.5) is 5.95 Å². The van der Waals surface area contributed by atoms with Crippen LogP contribution >= 0.6 is 24.0 Å². The Morgan fingerprint density at radius 1 is 1.15 bits per heavy atom. The van der Waals surface area contributed by atoms with Gasteiger partial charge in [0.1, 0.15) is 5.76 Å². The fraction of sp³-hybridized carbons (Fsp3) is 0.500. The lowest BCUT2D eigenvalue weighted by molar-refractivity contribution is 0.254. The van der Waals surface area contributed by atoms with Crippen LogP contribution in [-0.4, -0.2) is 67.1 Å². The topological polar surface area (TPSA) is 81.8 Å². The molecule has 2 N–H and O–H groups in total. The summed E-state index contributed by atoms with van der Waals surface area (Å²) in [6.45, 7) is 6.64. The van der Waals surface area contributed by atoms with E-state index in [1.54, 1.807) is 25.7 Å². The molecular weight excluding hydrogens is 457 g/mol. The Morgan fingerprint density at radius 2 is 1.93 bits per heavy atom. The van der Waals surface area contributed by atoms with Gasteiger partial charge in [-0.25, -0.2) is 9.97 Å². The number of nitrogens with zero attached hydrogens (tertiary/aromatic N) is 5. The van der Waals surface area contributed by atoms with E-state index >= 15 is 0 Å². The minimum Gasteiger partial charge on any atom is -0.467 e. The summed E-state index contributed by atoms with van der Waals surface area (Å²) >= 11 is 0. The van der Waals surface area contributed by atoms with Gasteiger partial charge in [-0.1, -0.05) is 0 Å². The van der Waals surface area contributed by atoms with Gasteiger partial charge in [0.2, 0.25) is 5.95 Å². The number of hydrogen-bond acceptors (Lipinski definition) is 6. The second-order valence-electron chi connectivity index (χ2n) is 6.16. The van der Waals surface area contributed by atoms with Gasteiger partial charge < -0.3 is 20.0 Å². The third-order valence-corrected chi connectivity index (χ3v) is 4.38. The highest BCUT2D eigenvalue weighted by Crippen LogP contribution is 2.09. The maximum atomic E-state index is 5.31. The van der Waals surface area contributed by atoms with Gasteiger partial charge in [0, 0.05) is 52.2 Å². The molecule has 8 nitrogen and oxygen atoms in total. The summed E-state index contributed by atoms with van der Waals surface area (Å²) in [5, 5.41) is 6.59. The van der Waals surface area contributed by atoms with Crippen molar-refractivity contribution in [2.45, 2.75) is 13.0 Å². The van der Waals surface area contributed by atoms with Gasteiger partial charge in [0.25, 0.3) is 0 Å². The Kier molecular flexibility index (Phi) is 9.32. The van der Waals surface area contributed by atoms with Gasteiger partial charge in [-0.2, -0.15) is 0 Å². The molecule has 0 bridgehead atoms. The highest BCUT2D eigenvalue weighted by atomic mass is 127. The number of aliphatic imine (C=N–C) groups is 1. The Labute approximate surface area is 177 Å². The number of rotatable bonds is 7. The molecule has 27 heavy (non-hydrogen) atoms. The fourth-order valence-electron chi connectivity index (χ4n) is 2.94. The van der Waals surface area contributed by atoms with Crippen molar-refractivity contribution in [1.29, 1.82) is 0 Å². The maximum Gasteiger partial charge on any atom is 0.225 e. The number of halogens is 1. The molecule has 0 aromatic carbocycles. The van der Waals surface area contributed by atoms with Crippen molar-refractivity contribution in [3.05, 3.63) is 42.6 Å². The average molecular weight is 485 g/mol. The van der Waals surface area contributed by atoms with Crippen LogP contribution < -0.4 is 15.5 Å². The molecule has 0 saturated carbocycles. The van der Waals surface area contributed by atoms with Crippen LogP contribution in [-0.2, 0) is 6.54 Å². The maximum absolute atomic E-state index is 5.31. The normalized spacial score (nSPS) is 15.3. The minimum absolute atomic E-state index is 0. The Bertz CT molecular complexity index is 658. The summed E-state index contributed by atoms with van der Waals surface area (Å²) in [5.41, 5.74) is 0. The van der Waals surface area contributed by atoms with E-state index in [4.69, 9.17) is 4.42 Å². The molecule has 2 aromatic heterocycles. The SMILES string of the molecule is CN=C(NCCCN1CCN(c2ncccn2)CC1)NCc1ccco1.I. The number of hydrogen-bond donors (Lipinski definition) is 2. The zero-order valence-electron chi connectivity index (χ0n) is 15.7. The number of nitrogens with one attached hydrogen (secondary N) is 2. The first-order valence-corrected chi connectivity index (χ1v) is 9.06. The van der Waals surface area contributed by atoms with Crippen LogP contribution in [0.5, 0.6) is 0 Å². The lowest BCUT2D eigenvalue weighted by Crippen LogP contribution is -2.47. The van der Waals surface area contributed by atoms with Crippen molar-refractivity contribution in [3.63, 3.8) is 0 Å². The Hall–Kier alpha value is -1.88. The van der Waals surface area contributed by atoms with Crippen LogP contribution in [0.15, 0.2) is 46.3 Å². The van der Waals surface area contributed by atoms with Crippen molar-refractivity contribution in [2.75, 3.05) is 51.2 Å². The summed E-state index contributed by atoms with van der Waals surface area (Å²) in [4.78, 5) is 17.6. The number of guanidine groups is 1. The standard InChI is InChI=1S/C18H27N7O.HI/c1-19-17(23-15-16-5-2-14-26-16)20-8-4-9-24-10-12-25(13-11-24)18-21-6-3-7-22-18;/h2-3,5-7,14H,4,8-13,15H2,1H3,(H2,19,20,23);1H. The van der Waals surface area contributed by atoms with E-state index in [0.717, 1.165) is 63.4 Å². The van der Waals surface area contributed by atoms with E-state index < -0.39 is 0 Å². The Morgan fingerprint density at radius 3 is 2.59 bits per heavy atom. The molecule has 0 spiro atoms. The van der Waals surface area contributed by atoms with Gasteiger partial charge in [-0.05, 0) is 31.2 Å². The summed E-state index contributed by atoms with van der Waals surface area (Å²) in [6.07, 6.45) is 6.35. The van der Waals surface area contributed by atoms with Crippen molar-refractivity contribution in [3.8, 4) is 0 Å². The van der Waals surface area contributed by atoms with Crippen LogP contribution in [0.2, 0.25) is 0 Å². The molecule has 0 radical (unpaired) electrons. The van der Waals surface area contributed by atoms with Gasteiger partial charge >= 0.3 is 0 Å². The van der Waals surface area contributed by atoms with Gasteiger partial charge in [-0.15, -0.1) is 24.0 Å². The predicted molar refractivity (Wildman–Crippen MR) is 118 cm³/mol. The summed E-state index contributed by atoms with van der Waals surface area (Å²) in [5.74, 6) is 2.53. The van der Waals surface area contributed by atoms with Crippen LogP contribution in [0.3, 0.4) is 0 Å². The summed E-state index contributed by atoms with van der Waals surface area (Å²) in [7, 11) is 1.78. The van der Waals surface area contributed by atoms with Gasteiger partial charge in [0.15, 0.2) is 5.96 Å². The van der Waals surface area contributed by atoms with E-state index in [-0.39, 0.29) is 24.0 Å². The van der Waals surface area contributed by atoms with Gasteiger partial charge in [-0.3, -0.25) is 9.89 Å². The molecule has 3 rings (SSSR count). The lowest BCUT2D eigenvalue weighted by Gasteiger charge is -2.34. The highest BCUT2D eigenvalue weighted by molar-refractivity contribution is 14.0. The minimum atomic E-state index is 0. The van der Waals surface area contributed by atoms with Crippen LogP contribution in [0, 0.1) is 0 Å². The summed E-state index contributed by atoms with van der Waals surface area (Å²) < 4.78 is 5.31. The summed E-state index contributed by atoms with van der Waals surface area (Å²) in [6, 6.07) is 5.68. The Balaban J connectivity index is 0.00000261. The van der Waals surface area contributed by atoms with Crippen LogP contribution in [0.1, 0.15) is 12.2 Å². The van der Waals surface area contributed by atoms with Crippen molar-refractivity contribution in [1.82, 2.24) is 25.5 Å². The second-order valence-corrected chi connectivity index (χ2v) is 6.16. The molecule has 2 aromatic rings. The third kappa shape index (κ3) is 6.98. The molecule has 0 atom stereocenters. The highest BCUT2D eigenvalue weighted by Gasteiger charge is 2.18. The van der Waals surface area contributed by atoms with Gasteiger partial charge in [0.05, 0.1) is 12.8 Å². The predicted octanol–water partition coefficient (Wildman–Crippen LogP) is 1.56. The lowest BCUT2D eigenvalue weighted by atomic mass is 10.3. The molecule has 0 aliphatic carbocycles. The van der Waals surface area contributed by atoms with Crippen molar-refractivity contribution >= 4 is 35.9 Å². The molecule has 0 unspecified atom stereocenters. The monoisotopic (exact) mass is 485 g/mol. The molecule has 3 heterocycles. The molecule has 148 valence electrons. The molecule has 1 aliphatic rings. The van der Waals surface area contributed by atoms with Crippen molar-refractivity contribution < 1.29 is 4.42 Å². The number of piperazine rings is 1. The van der Waals surface area contributed by atoms with E-state index in [1.165, 1.54) is 0 Å².